The highest BCUT2D eigenvalue weighted by Crippen LogP contribution is 2.33. The van der Waals surface area contributed by atoms with E-state index >= 15 is 0 Å². The average molecular weight is 146 g/mol. The van der Waals surface area contributed by atoms with Crippen molar-refractivity contribution in [3.8, 4) is 0 Å². The van der Waals surface area contributed by atoms with Crippen LogP contribution >= 0.6 is 0 Å². The highest BCUT2D eigenvalue weighted by atomic mass is 28.2. The van der Waals surface area contributed by atoms with Gasteiger partial charge < -0.3 is 4.80 Å². The van der Waals surface area contributed by atoms with Gasteiger partial charge in [0.1, 0.15) is 0 Å². The molecule has 0 saturated heterocycles. The topological polar surface area (TPSA) is 20.2 Å². The summed E-state index contributed by atoms with van der Waals surface area (Å²) in [4.78, 5) is 9.03. The molecule has 0 saturated carbocycles. The second-order valence-electron chi connectivity index (χ2n) is 3.46. The van der Waals surface area contributed by atoms with Crippen LogP contribution in [-0.2, 0) is 0 Å². The van der Waals surface area contributed by atoms with E-state index in [1.165, 1.54) is 6.42 Å². The molecule has 0 bridgehead atoms. The molecular weight excluding hydrogens is 128 g/mol. The lowest BCUT2D eigenvalue weighted by Crippen LogP contribution is -2.20. The molecule has 0 aromatic heterocycles. The standard InChI is InChI=1S/C7H18OSi/c1-5-6(2)7(3,4)9-8/h6,8H,5,9H2,1-4H3. The van der Waals surface area contributed by atoms with E-state index in [4.69, 9.17) is 4.80 Å². The molecule has 0 spiro atoms. The first kappa shape index (κ1) is 9.18. The Morgan fingerprint density at radius 3 is 2.11 bits per heavy atom. The molecule has 1 unspecified atom stereocenters. The number of hydrogen-bond acceptors (Lipinski definition) is 1. The Bertz CT molecular complexity index is 81.0. The van der Waals surface area contributed by atoms with Crippen molar-refractivity contribution in [2.45, 2.75) is 39.2 Å². The van der Waals surface area contributed by atoms with Gasteiger partial charge in [-0.25, -0.2) is 0 Å². The van der Waals surface area contributed by atoms with Crippen LogP contribution in [-0.4, -0.2) is 14.6 Å². The van der Waals surface area contributed by atoms with Gasteiger partial charge in [-0.1, -0.05) is 34.1 Å². The van der Waals surface area contributed by atoms with Gasteiger partial charge >= 0.3 is 0 Å². The third-order valence-corrected chi connectivity index (χ3v) is 3.87. The summed E-state index contributed by atoms with van der Waals surface area (Å²) >= 11 is 0. The smallest absolute Gasteiger partial charge is 0.162 e. The molecule has 0 fully saturated rings. The van der Waals surface area contributed by atoms with Crippen molar-refractivity contribution in [1.82, 2.24) is 0 Å². The molecule has 0 aromatic rings. The van der Waals surface area contributed by atoms with Crippen LogP contribution in [0.15, 0.2) is 0 Å². The van der Waals surface area contributed by atoms with Gasteiger partial charge in [0.05, 0.1) is 0 Å². The zero-order chi connectivity index (χ0) is 7.49. The lowest BCUT2D eigenvalue weighted by molar-refractivity contribution is 0.388. The summed E-state index contributed by atoms with van der Waals surface area (Å²) in [6, 6.07) is 0. The SMILES string of the molecule is CCC(C)C(C)(C)[SiH2]O. The fourth-order valence-corrected chi connectivity index (χ4v) is 1.31. The Hall–Kier alpha value is 0.177. The molecule has 0 aliphatic heterocycles. The van der Waals surface area contributed by atoms with Crippen molar-refractivity contribution in [2.24, 2.45) is 5.92 Å². The largest absolute Gasteiger partial charge is 0.438 e. The highest BCUT2D eigenvalue weighted by Gasteiger charge is 2.23. The van der Waals surface area contributed by atoms with Gasteiger partial charge in [-0.2, -0.15) is 0 Å². The fraction of sp³-hybridized carbons (Fsp3) is 1.00. The molecule has 2 heteroatoms. The molecule has 0 aliphatic rings. The maximum absolute atomic E-state index is 9.03. The van der Waals surface area contributed by atoms with E-state index < -0.39 is 9.76 Å². The summed E-state index contributed by atoms with van der Waals surface area (Å²) in [6.45, 7) is 8.71. The monoisotopic (exact) mass is 146 g/mol. The van der Waals surface area contributed by atoms with Gasteiger partial charge in [0, 0.05) is 0 Å². The van der Waals surface area contributed by atoms with Gasteiger partial charge in [0.2, 0.25) is 0 Å². The van der Waals surface area contributed by atoms with Crippen molar-refractivity contribution in [2.75, 3.05) is 0 Å². The molecule has 0 aliphatic carbocycles. The second-order valence-corrected chi connectivity index (χ2v) is 5.59. The van der Waals surface area contributed by atoms with Crippen molar-refractivity contribution in [3.05, 3.63) is 0 Å². The van der Waals surface area contributed by atoms with E-state index in [2.05, 4.69) is 27.7 Å². The zero-order valence-electron chi connectivity index (χ0n) is 6.94. The lowest BCUT2D eigenvalue weighted by atomic mass is 9.94. The van der Waals surface area contributed by atoms with Crippen molar-refractivity contribution >= 4 is 9.76 Å². The molecule has 56 valence electrons. The molecule has 1 nitrogen and oxygen atoms in total. The van der Waals surface area contributed by atoms with Crippen LogP contribution in [0.2, 0.25) is 5.04 Å². The minimum Gasteiger partial charge on any atom is -0.438 e. The molecule has 1 N–H and O–H groups in total. The third kappa shape index (κ3) is 2.50. The highest BCUT2D eigenvalue weighted by molar-refractivity contribution is 6.30. The van der Waals surface area contributed by atoms with Gasteiger partial charge in [-0.05, 0) is 11.0 Å². The lowest BCUT2D eigenvalue weighted by Gasteiger charge is -2.27. The minimum absolute atomic E-state index is 0.245. The summed E-state index contributed by atoms with van der Waals surface area (Å²) in [6.07, 6.45) is 1.18. The van der Waals surface area contributed by atoms with Crippen molar-refractivity contribution in [3.63, 3.8) is 0 Å². The Labute approximate surface area is 60.4 Å². The predicted molar refractivity (Wildman–Crippen MR) is 44.3 cm³/mol. The van der Waals surface area contributed by atoms with E-state index in [9.17, 15) is 0 Å². The quantitative estimate of drug-likeness (QED) is 0.595. The fourth-order valence-electron chi connectivity index (χ4n) is 0.708. The van der Waals surface area contributed by atoms with Crippen LogP contribution in [0.25, 0.3) is 0 Å². The van der Waals surface area contributed by atoms with Crippen LogP contribution in [0.5, 0.6) is 0 Å². The molecule has 0 radical (unpaired) electrons. The summed E-state index contributed by atoms with van der Waals surface area (Å²) in [7, 11) is -0.817. The maximum atomic E-state index is 9.03. The van der Waals surface area contributed by atoms with E-state index in [1.54, 1.807) is 0 Å². The predicted octanol–water partition coefficient (Wildman–Crippen LogP) is 1.31. The Morgan fingerprint density at radius 2 is 2.00 bits per heavy atom. The Kier molecular flexibility index (Phi) is 3.44. The molecule has 0 aromatic carbocycles. The van der Waals surface area contributed by atoms with Crippen LogP contribution in [0, 0.1) is 5.92 Å². The van der Waals surface area contributed by atoms with Crippen LogP contribution < -0.4 is 0 Å². The van der Waals surface area contributed by atoms with Crippen molar-refractivity contribution in [1.29, 1.82) is 0 Å². The molecule has 1 atom stereocenters. The van der Waals surface area contributed by atoms with Gasteiger partial charge in [0.25, 0.3) is 0 Å². The van der Waals surface area contributed by atoms with Crippen LogP contribution in [0.3, 0.4) is 0 Å². The average Bonchev–Trinajstić information content (AvgIpc) is 1.86. The van der Waals surface area contributed by atoms with Gasteiger partial charge in [0.15, 0.2) is 9.76 Å². The van der Waals surface area contributed by atoms with Gasteiger partial charge in [-0.15, -0.1) is 0 Å². The zero-order valence-corrected chi connectivity index (χ0v) is 8.35. The molecule has 0 rings (SSSR count). The summed E-state index contributed by atoms with van der Waals surface area (Å²) in [5, 5.41) is 0.245. The first-order valence-electron chi connectivity index (χ1n) is 3.65. The molecular formula is C7H18OSi. The first-order valence-corrected chi connectivity index (χ1v) is 4.99. The number of hydrogen-bond donors (Lipinski definition) is 1. The summed E-state index contributed by atoms with van der Waals surface area (Å²) < 4.78 is 0. The van der Waals surface area contributed by atoms with E-state index in [0.29, 0.717) is 5.92 Å². The van der Waals surface area contributed by atoms with Crippen molar-refractivity contribution < 1.29 is 4.80 Å². The third-order valence-electron chi connectivity index (χ3n) is 2.35. The Morgan fingerprint density at radius 1 is 1.56 bits per heavy atom. The normalized spacial score (nSPS) is 17.0. The molecule has 0 amide bonds. The van der Waals surface area contributed by atoms with Gasteiger partial charge in [-0.3, -0.25) is 0 Å². The second kappa shape index (κ2) is 3.37. The molecule has 9 heavy (non-hydrogen) atoms. The van der Waals surface area contributed by atoms with E-state index in [0.717, 1.165) is 0 Å². The Balaban J connectivity index is 3.80. The number of rotatable bonds is 3. The van der Waals surface area contributed by atoms with E-state index in [1.807, 2.05) is 0 Å². The maximum Gasteiger partial charge on any atom is 0.162 e. The first-order chi connectivity index (χ1) is 4.04. The van der Waals surface area contributed by atoms with E-state index in [-0.39, 0.29) is 5.04 Å². The minimum atomic E-state index is -0.817. The van der Waals surface area contributed by atoms with Crippen LogP contribution in [0.4, 0.5) is 0 Å². The van der Waals surface area contributed by atoms with Crippen LogP contribution in [0.1, 0.15) is 34.1 Å². The summed E-state index contributed by atoms with van der Waals surface area (Å²) in [5.74, 6) is 0.675. The summed E-state index contributed by atoms with van der Waals surface area (Å²) in [5.41, 5.74) is 0. The molecule has 0 heterocycles.